The van der Waals surface area contributed by atoms with E-state index in [1.807, 2.05) is 0 Å². The normalized spacial score (nSPS) is 11.5. The van der Waals surface area contributed by atoms with Crippen molar-refractivity contribution in [2.24, 2.45) is 0 Å². The first kappa shape index (κ1) is 24.3. The van der Waals surface area contributed by atoms with Gasteiger partial charge < -0.3 is 18.9 Å². The summed E-state index contributed by atoms with van der Waals surface area (Å²) in [6, 6.07) is 4.11. The molecule has 9 heteroatoms. The van der Waals surface area contributed by atoms with Gasteiger partial charge in [-0.15, -0.1) is 11.3 Å². The van der Waals surface area contributed by atoms with Gasteiger partial charge in [0.15, 0.2) is 24.1 Å². The number of ether oxygens (including phenoxy) is 4. The molecule has 0 N–H and O–H groups in total. The first-order valence-corrected chi connectivity index (χ1v) is 14.4. The standard InChI is InChI=1S/C21H29FO6SSi/c1-6-27-19(24)8-7-15(23)18-11-14-17(29-18)12-16(25-2)21(20(14)22)28-13-26-9-10-30(3,4)5/h11-12H,6-10,13H2,1-5H3. The summed E-state index contributed by atoms with van der Waals surface area (Å²) in [6.07, 6.45) is 0.00847. The van der Waals surface area contributed by atoms with Crippen LogP contribution in [-0.4, -0.2) is 46.9 Å². The van der Waals surface area contributed by atoms with Crippen molar-refractivity contribution in [1.29, 1.82) is 0 Å². The molecule has 0 fully saturated rings. The van der Waals surface area contributed by atoms with E-state index >= 15 is 4.39 Å². The van der Waals surface area contributed by atoms with Gasteiger partial charge in [-0.1, -0.05) is 19.6 Å². The zero-order valence-corrected chi connectivity index (χ0v) is 19.9. The third-order valence-corrected chi connectivity index (χ3v) is 7.15. The maximum Gasteiger partial charge on any atom is 0.306 e. The van der Waals surface area contributed by atoms with E-state index < -0.39 is 19.9 Å². The Kier molecular flexibility index (Phi) is 8.81. The lowest BCUT2D eigenvalue weighted by molar-refractivity contribution is -0.143. The van der Waals surface area contributed by atoms with Crippen molar-refractivity contribution in [2.45, 2.75) is 45.5 Å². The molecular formula is C21H29FO6SSi. The van der Waals surface area contributed by atoms with Gasteiger partial charge in [-0.25, -0.2) is 4.39 Å². The number of thiophene rings is 1. The maximum absolute atomic E-state index is 15.1. The molecule has 0 saturated heterocycles. The number of carbonyl (C=O) groups is 2. The van der Waals surface area contributed by atoms with Crippen LogP contribution in [0.1, 0.15) is 29.4 Å². The summed E-state index contributed by atoms with van der Waals surface area (Å²) >= 11 is 1.15. The monoisotopic (exact) mass is 456 g/mol. The minimum Gasteiger partial charge on any atom is -0.493 e. The second-order valence-corrected chi connectivity index (χ2v) is 14.7. The lowest BCUT2D eigenvalue weighted by Gasteiger charge is -2.16. The molecule has 0 aliphatic carbocycles. The molecule has 0 bridgehead atoms. The van der Waals surface area contributed by atoms with E-state index in [1.165, 1.54) is 13.2 Å². The summed E-state index contributed by atoms with van der Waals surface area (Å²) in [6.45, 7) is 9.19. The van der Waals surface area contributed by atoms with Crippen LogP contribution < -0.4 is 9.47 Å². The van der Waals surface area contributed by atoms with Crippen molar-refractivity contribution in [3.05, 3.63) is 22.8 Å². The lowest BCUT2D eigenvalue weighted by Crippen LogP contribution is -2.22. The highest BCUT2D eigenvalue weighted by atomic mass is 32.1. The summed E-state index contributed by atoms with van der Waals surface area (Å²) in [4.78, 5) is 24.2. The fourth-order valence-electron chi connectivity index (χ4n) is 2.63. The van der Waals surface area contributed by atoms with E-state index in [0.717, 1.165) is 17.4 Å². The molecular weight excluding hydrogens is 427 g/mol. The van der Waals surface area contributed by atoms with E-state index in [4.69, 9.17) is 18.9 Å². The van der Waals surface area contributed by atoms with E-state index in [9.17, 15) is 9.59 Å². The van der Waals surface area contributed by atoms with Gasteiger partial charge in [0.1, 0.15) is 0 Å². The summed E-state index contributed by atoms with van der Waals surface area (Å²) in [5, 5.41) is 0.275. The van der Waals surface area contributed by atoms with Crippen molar-refractivity contribution < 1.29 is 32.9 Å². The molecule has 0 atom stereocenters. The van der Waals surface area contributed by atoms with E-state index in [1.54, 1.807) is 13.0 Å². The minimum atomic E-state index is -1.22. The van der Waals surface area contributed by atoms with Gasteiger partial charge >= 0.3 is 5.97 Å². The largest absolute Gasteiger partial charge is 0.493 e. The van der Waals surface area contributed by atoms with Gasteiger partial charge in [0.25, 0.3) is 0 Å². The zero-order chi connectivity index (χ0) is 22.3. The molecule has 30 heavy (non-hydrogen) atoms. The Morgan fingerprint density at radius 3 is 2.53 bits per heavy atom. The quantitative estimate of drug-likeness (QED) is 0.143. The van der Waals surface area contributed by atoms with Crippen LogP contribution in [0.3, 0.4) is 0 Å². The smallest absolute Gasteiger partial charge is 0.306 e. The Morgan fingerprint density at radius 2 is 1.90 bits per heavy atom. The third kappa shape index (κ3) is 6.78. The van der Waals surface area contributed by atoms with Gasteiger partial charge in [-0.3, -0.25) is 9.59 Å². The first-order chi connectivity index (χ1) is 14.2. The molecule has 0 spiro atoms. The highest BCUT2D eigenvalue weighted by molar-refractivity contribution is 7.20. The zero-order valence-electron chi connectivity index (χ0n) is 18.1. The fraction of sp³-hybridized carbons (Fsp3) is 0.524. The Hall–Kier alpha value is -1.97. The Labute approximate surface area is 181 Å². The first-order valence-electron chi connectivity index (χ1n) is 9.85. The van der Waals surface area contributed by atoms with E-state index in [0.29, 0.717) is 16.2 Å². The molecule has 1 heterocycles. The second kappa shape index (κ2) is 10.9. The number of hydrogen-bond acceptors (Lipinski definition) is 7. The van der Waals surface area contributed by atoms with E-state index in [-0.39, 0.29) is 48.9 Å². The highest BCUT2D eigenvalue weighted by Crippen LogP contribution is 2.40. The van der Waals surface area contributed by atoms with Crippen molar-refractivity contribution in [2.75, 3.05) is 27.1 Å². The number of carbonyl (C=O) groups excluding carboxylic acids is 2. The molecule has 2 aromatic rings. The van der Waals surface area contributed by atoms with Gasteiger partial charge in [-0.2, -0.15) is 0 Å². The van der Waals surface area contributed by atoms with Crippen LogP contribution in [0, 0.1) is 5.82 Å². The highest BCUT2D eigenvalue weighted by Gasteiger charge is 2.21. The summed E-state index contributed by atoms with van der Waals surface area (Å²) in [7, 11) is 0.212. The third-order valence-electron chi connectivity index (χ3n) is 4.32. The Morgan fingerprint density at radius 1 is 1.17 bits per heavy atom. The van der Waals surface area contributed by atoms with Crippen molar-refractivity contribution in [1.82, 2.24) is 0 Å². The number of Topliss-reactive ketones (excluding diaryl/α,β-unsaturated/α-hetero) is 1. The second-order valence-electron chi connectivity index (χ2n) is 7.95. The average molecular weight is 457 g/mol. The lowest BCUT2D eigenvalue weighted by atomic mass is 10.1. The predicted octanol–water partition coefficient (Wildman–Crippen LogP) is 5.27. The number of esters is 1. The summed E-state index contributed by atoms with van der Waals surface area (Å²) < 4.78 is 36.7. The number of ketones is 1. The predicted molar refractivity (Wildman–Crippen MR) is 118 cm³/mol. The van der Waals surface area contributed by atoms with Gasteiger partial charge in [0.2, 0.25) is 5.75 Å². The summed E-state index contributed by atoms with van der Waals surface area (Å²) in [5.74, 6) is -1.06. The average Bonchev–Trinajstić information content (AvgIpc) is 3.11. The number of benzene rings is 1. The van der Waals surface area contributed by atoms with Crippen LogP contribution in [0.5, 0.6) is 11.5 Å². The molecule has 6 nitrogen and oxygen atoms in total. The number of rotatable bonds is 12. The molecule has 0 aliphatic heterocycles. The molecule has 1 aromatic heterocycles. The van der Waals surface area contributed by atoms with Crippen LogP contribution >= 0.6 is 11.3 Å². The maximum atomic E-state index is 15.1. The van der Waals surface area contributed by atoms with Crippen LogP contribution in [0.15, 0.2) is 12.1 Å². The van der Waals surface area contributed by atoms with E-state index in [2.05, 4.69) is 19.6 Å². The van der Waals surface area contributed by atoms with Crippen molar-refractivity contribution in [3.8, 4) is 11.5 Å². The minimum absolute atomic E-state index is 0.00412. The molecule has 0 amide bonds. The SMILES string of the molecule is CCOC(=O)CCC(=O)c1cc2c(F)c(OCOCC[Si](C)(C)C)c(OC)cc2s1. The number of fused-ring (bicyclic) bond motifs is 1. The van der Waals surface area contributed by atoms with Crippen LogP contribution in [-0.2, 0) is 14.3 Å². The number of hydrogen-bond donors (Lipinski definition) is 0. The van der Waals surface area contributed by atoms with Crippen LogP contribution in [0.25, 0.3) is 10.1 Å². The Bertz CT molecular complexity index is 890. The fourth-order valence-corrected chi connectivity index (χ4v) is 4.44. The molecule has 2 rings (SSSR count). The topological polar surface area (TPSA) is 71.1 Å². The van der Waals surface area contributed by atoms with Crippen molar-refractivity contribution >= 4 is 41.2 Å². The molecule has 0 radical (unpaired) electrons. The van der Waals surface area contributed by atoms with Gasteiger partial charge in [-0.05, 0) is 19.0 Å². The van der Waals surface area contributed by atoms with Gasteiger partial charge in [0.05, 0.1) is 25.0 Å². The molecule has 1 aromatic carbocycles. The molecule has 0 saturated carbocycles. The number of halogens is 1. The molecule has 0 aliphatic rings. The molecule has 166 valence electrons. The Balaban J connectivity index is 2.12. The van der Waals surface area contributed by atoms with Gasteiger partial charge in [0, 0.05) is 37.3 Å². The summed E-state index contributed by atoms with van der Waals surface area (Å²) in [5.41, 5.74) is 0. The van der Waals surface area contributed by atoms with Crippen LogP contribution in [0.4, 0.5) is 4.39 Å². The molecule has 0 unspecified atom stereocenters. The van der Waals surface area contributed by atoms with Crippen molar-refractivity contribution in [3.63, 3.8) is 0 Å². The number of methoxy groups -OCH3 is 1. The van der Waals surface area contributed by atoms with Crippen LogP contribution in [0.2, 0.25) is 25.7 Å².